The Morgan fingerprint density at radius 3 is 1.17 bits per heavy atom. The third-order valence-corrected chi connectivity index (χ3v) is 2.34. The average molecular weight is 492 g/mol. The topological polar surface area (TPSA) is 54.4 Å². The summed E-state index contributed by atoms with van der Waals surface area (Å²) < 4.78 is 134. The molecule has 0 amide bonds. The van der Waals surface area contributed by atoms with Crippen LogP contribution in [0.15, 0.2) is 0 Å². The Labute approximate surface area is 106 Å². The normalized spacial score (nSPS) is 15.2. The SMILES string of the molecule is O=S(=O)(O)C(F)(F)C(F)(F)C(F)(F)C(F)(F)F.[Ir]. The number of halogens is 9. The first-order chi connectivity index (χ1) is 7.00. The molecule has 0 bridgehead atoms. The smallest absolute Gasteiger partial charge is 0.281 e. The summed E-state index contributed by atoms with van der Waals surface area (Å²) in [5, 5.41) is -7.00. The second-order valence-corrected chi connectivity index (χ2v) is 4.10. The molecule has 3 nitrogen and oxygen atoms in total. The molecule has 0 rings (SSSR count). The summed E-state index contributed by atoms with van der Waals surface area (Å²) in [4.78, 5) is 0. The van der Waals surface area contributed by atoms with Gasteiger partial charge < -0.3 is 0 Å². The summed E-state index contributed by atoms with van der Waals surface area (Å²) in [5.74, 6) is -14.7. The minimum absolute atomic E-state index is 0. The predicted octanol–water partition coefficient (Wildman–Crippen LogP) is 2.30. The van der Waals surface area contributed by atoms with E-state index in [-0.39, 0.29) is 20.1 Å². The van der Waals surface area contributed by atoms with Gasteiger partial charge in [-0.25, -0.2) is 0 Å². The molecule has 1 N–H and O–H groups in total. The van der Waals surface area contributed by atoms with Gasteiger partial charge in [-0.15, -0.1) is 0 Å². The first-order valence-electron chi connectivity index (χ1n) is 3.17. The summed E-state index contributed by atoms with van der Waals surface area (Å²) in [7, 11) is -7.17. The Balaban J connectivity index is 0. The van der Waals surface area contributed by atoms with Crippen LogP contribution in [0.3, 0.4) is 0 Å². The second kappa shape index (κ2) is 4.80. The molecule has 1 radical (unpaired) electrons. The van der Waals surface area contributed by atoms with E-state index in [9.17, 15) is 47.9 Å². The molecule has 0 aliphatic carbocycles. The Morgan fingerprint density at radius 2 is 1.00 bits per heavy atom. The molecule has 0 atom stereocenters. The molecule has 0 aromatic carbocycles. The molecule has 0 unspecified atom stereocenters. The van der Waals surface area contributed by atoms with Crippen molar-refractivity contribution in [1.29, 1.82) is 0 Å². The zero-order valence-electron chi connectivity index (χ0n) is 7.41. The molecular weight excluding hydrogens is 491 g/mol. The van der Waals surface area contributed by atoms with Crippen LogP contribution in [-0.4, -0.2) is 36.2 Å². The average Bonchev–Trinajstić information content (AvgIpc) is 1.98. The van der Waals surface area contributed by atoms with Crippen molar-refractivity contribution in [3.05, 3.63) is 0 Å². The zero-order valence-corrected chi connectivity index (χ0v) is 10.6. The van der Waals surface area contributed by atoms with Crippen LogP contribution in [0.4, 0.5) is 39.5 Å². The first-order valence-corrected chi connectivity index (χ1v) is 4.61. The van der Waals surface area contributed by atoms with Crippen LogP contribution in [0.5, 0.6) is 0 Å². The van der Waals surface area contributed by atoms with Gasteiger partial charge in [0, 0.05) is 20.1 Å². The number of hydrogen-bond donors (Lipinski definition) is 1. The van der Waals surface area contributed by atoms with E-state index >= 15 is 0 Å². The van der Waals surface area contributed by atoms with Gasteiger partial charge in [0.2, 0.25) is 0 Å². The van der Waals surface area contributed by atoms with Crippen molar-refractivity contribution in [1.82, 2.24) is 0 Å². The van der Waals surface area contributed by atoms with Gasteiger partial charge in [0.1, 0.15) is 0 Å². The molecule has 0 heterocycles. The van der Waals surface area contributed by atoms with E-state index in [0.717, 1.165) is 0 Å². The van der Waals surface area contributed by atoms with E-state index in [1.165, 1.54) is 0 Å². The van der Waals surface area contributed by atoms with E-state index in [1.807, 2.05) is 0 Å². The summed E-state index contributed by atoms with van der Waals surface area (Å²) >= 11 is 0. The number of hydrogen-bond acceptors (Lipinski definition) is 2. The maximum absolute atomic E-state index is 12.2. The van der Waals surface area contributed by atoms with Crippen molar-refractivity contribution >= 4 is 10.1 Å². The van der Waals surface area contributed by atoms with Gasteiger partial charge in [-0.05, 0) is 0 Å². The molecule has 0 saturated heterocycles. The van der Waals surface area contributed by atoms with Gasteiger partial charge in [-0.1, -0.05) is 0 Å². The fourth-order valence-corrected chi connectivity index (χ4v) is 0.975. The molecule has 0 aliphatic heterocycles. The van der Waals surface area contributed by atoms with Crippen LogP contribution in [0.25, 0.3) is 0 Å². The van der Waals surface area contributed by atoms with Crippen LogP contribution in [0, 0.1) is 0 Å². The Hall–Kier alpha value is -0.0706. The molecule has 0 spiro atoms. The summed E-state index contributed by atoms with van der Waals surface area (Å²) in [5.41, 5.74) is 0. The van der Waals surface area contributed by atoms with Crippen molar-refractivity contribution in [3.63, 3.8) is 0 Å². The molecule has 14 heteroatoms. The Kier molecular flexibility index (Phi) is 5.40. The molecule has 18 heavy (non-hydrogen) atoms. The van der Waals surface area contributed by atoms with Crippen LogP contribution in [0.2, 0.25) is 0 Å². The minimum Gasteiger partial charge on any atom is -0.281 e. The van der Waals surface area contributed by atoms with Crippen LogP contribution < -0.4 is 0 Å². The standard InChI is InChI=1S/C4HF9O3S.Ir/c5-1(6,3(9,10)11)2(7,8)4(12,13)17(14,15)16;/h(H,14,15,16);. The van der Waals surface area contributed by atoms with Crippen molar-refractivity contribution in [2.45, 2.75) is 23.3 Å². The van der Waals surface area contributed by atoms with Gasteiger partial charge in [0.05, 0.1) is 0 Å². The molecular formula is C4HF9IrO3S. The molecule has 0 aliphatic rings. The van der Waals surface area contributed by atoms with Gasteiger partial charge in [-0.3, -0.25) is 4.55 Å². The second-order valence-electron chi connectivity index (χ2n) is 2.64. The van der Waals surface area contributed by atoms with Gasteiger partial charge in [0.15, 0.2) is 0 Å². The quantitative estimate of drug-likeness (QED) is 0.486. The minimum atomic E-state index is -7.37. The maximum atomic E-state index is 12.2. The van der Waals surface area contributed by atoms with E-state index in [0.29, 0.717) is 0 Å². The zero-order chi connectivity index (χ0) is 14.5. The van der Waals surface area contributed by atoms with Gasteiger partial charge in [0.25, 0.3) is 0 Å². The van der Waals surface area contributed by atoms with E-state index in [1.54, 1.807) is 0 Å². The number of rotatable bonds is 3. The van der Waals surface area contributed by atoms with Gasteiger partial charge in [-0.2, -0.15) is 47.9 Å². The third kappa shape index (κ3) is 2.75. The molecule has 0 aromatic heterocycles. The van der Waals surface area contributed by atoms with Crippen LogP contribution in [0.1, 0.15) is 0 Å². The fraction of sp³-hybridized carbons (Fsp3) is 1.00. The summed E-state index contributed by atoms with van der Waals surface area (Å²) in [6.45, 7) is 0. The van der Waals surface area contributed by atoms with Crippen LogP contribution in [-0.2, 0) is 30.2 Å². The molecule has 0 aromatic rings. The van der Waals surface area contributed by atoms with Crippen molar-refractivity contribution in [2.24, 2.45) is 0 Å². The monoisotopic (exact) mass is 493 g/mol. The first kappa shape index (κ1) is 20.3. The predicted molar refractivity (Wildman–Crippen MR) is 32.4 cm³/mol. The van der Waals surface area contributed by atoms with E-state index in [2.05, 4.69) is 0 Å². The fourth-order valence-electron chi connectivity index (χ4n) is 0.523. The number of alkyl halides is 9. The molecule has 0 fully saturated rings. The Morgan fingerprint density at radius 1 is 0.722 bits per heavy atom. The third-order valence-electron chi connectivity index (χ3n) is 1.44. The largest absolute Gasteiger partial charge is 0.460 e. The Bertz CT molecular complexity index is 399. The van der Waals surface area contributed by atoms with Crippen molar-refractivity contribution in [2.75, 3.05) is 0 Å². The van der Waals surface area contributed by atoms with Crippen molar-refractivity contribution < 1.29 is 72.6 Å². The van der Waals surface area contributed by atoms with Gasteiger partial charge >= 0.3 is 33.4 Å². The van der Waals surface area contributed by atoms with E-state index < -0.39 is 33.4 Å². The van der Waals surface area contributed by atoms with E-state index in [4.69, 9.17) is 4.55 Å². The maximum Gasteiger partial charge on any atom is 0.460 e. The summed E-state index contributed by atoms with van der Waals surface area (Å²) in [6.07, 6.45) is -7.13. The molecule has 0 saturated carbocycles. The van der Waals surface area contributed by atoms with Crippen LogP contribution >= 0.6 is 0 Å². The van der Waals surface area contributed by atoms with Crippen molar-refractivity contribution in [3.8, 4) is 0 Å². The molecule has 113 valence electrons. The summed E-state index contributed by atoms with van der Waals surface area (Å²) in [6, 6.07) is 0.